The normalized spacial score (nSPS) is 27.1. The van der Waals surface area contributed by atoms with Gasteiger partial charge >= 0.3 is 0 Å². The first-order chi connectivity index (χ1) is 12.2. The average Bonchev–Trinajstić information content (AvgIpc) is 2.64. The first kappa shape index (κ1) is 18.5. The van der Waals surface area contributed by atoms with Gasteiger partial charge in [-0.2, -0.15) is 0 Å². The van der Waals surface area contributed by atoms with Crippen LogP contribution in [0, 0.1) is 5.92 Å². The Morgan fingerprint density at radius 3 is 2.84 bits per heavy atom. The molecular weight excluding hydrogens is 338 g/mol. The number of carbonyl (C=O) groups is 1. The molecule has 1 N–H and O–H groups in total. The van der Waals surface area contributed by atoms with E-state index in [-0.39, 0.29) is 6.10 Å². The molecule has 25 heavy (non-hydrogen) atoms. The molecule has 1 aromatic heterocycles. The summed E-state index contributed by atoms with van der Waals surface area (Å²) in [7, 11) is 0. The Morgan fingerprint density at radius 1 is 1.32 bits per heavy atom. The summed E-state index contributed by atoms with van der Waals surface area (Å²) in [4.78, 5) is 20.2. The molecule has 1 saturated carbocycles. The van der Waals surface area contributed by atoms with Crippen molar-refractivity contribution in [1.29, 1.82) is 0 Å². The van der Waals surface area contributed by atoms with Crippen LogP contribution in [0.15, 0.2) is 18.3 Å². The van der Waals surface area contributed by atoms with Gasteiger partial charge in [0.1, 0.15) is 5.82 Å². The fraction of sp³-hybridized carbons (Fsp3) is 0.684. The second-order valence-corrected chi connectivity index (χ2v) is 7.76. The molecule has 2 aliphatic rings. The number of halogens is 1. The molecule has 2 fully saturated rings. The standard InChI is InChI=1S/C19H28ClN3O2/c20-18-4-1-10-21-19(18)22-11-2-3-15(13-22)9-12-23(14-24)16-5-7-17(25)8-6-16/h1,4,10,14-17,25H,2-3,5-9,11-13H2. The maximum atomic E-state index is 11.5. The van der Waals surface area contributed by atoms with Crippen molar-refractivity contribution in [2.24, 2.45) is 5.92 Å². The molecule has 2 heterocycles. The number of carbonyl (C=O) groups excluding carboxylic acids is 1. The van der Waals surface area contributed by atoms with Gasteiger partial charge < -0.3 is 14.9 Å². The monoisotopic (exact) mass is 365 g/mol. The highest BCUT2D eigenvalue weighted by atomic mass is 35.5. The van der Waals surface area contributed by atoms with Gasteiger partial charge in [0.25, 0.3) is 0 Å². The summed E-state index contributed by atoms with van der Waals surface area (Å²) >= 11 is 6.29. The SMILES string of the molecule is O=CN(CCC1CCCN(c2ncccc2Cl)C1)C1CCC(O)CC1. The largest absolute Gasteiger partial charge is 0.393 e. The summed E-state index contributed by atoms with van der Waals surface area (Å²) in [6.07, 6.45) is 9.40. The topological polar surface area (TPSA) is 56.7 Å². The fourth-order valence-corrected chi connectivity index (χ4v) is 4.39. The molecule has 1 aliphatic carbocycles. The average molecular weight is 366 g/mol. The molecule has 1 saturated heterocycles. The van der Waals surface area contributed by atoms with Crippen molar-refractivity contribution in [3.05, 3.63) is 23.4 Å². The third kappa shape index (κ3) is 4.85. The zero-order chi connectivity index (χ0) is 17.6. The molecule has 5 nitrogen and oxygen atoms in total. The molecule has 1 amide bonds. The van der Waals surface area contributed by atoms with Crippen molar-refractivity contribution in [1.82, 2.24) is 9.88 Å². The summed E-state index contributed by atoms with van der Waals surface area (Å²) in [5.41, 5.74) is 0. The van der Waals surface area contributed by atoms with Gasteiger partial charge in [-0.3, -0.25) is 4.79 Å². The third-order valence-corrected chi connectivity index (χ3v) is 5.92. The molecule has 1 unspecified atom stereocenters. The number of hydrogen-bond donors (Lipinski definition) is 1. The molecule has 6 heteroatoms. The van der Waals surface area contributed by atoms with E-state index in [2.05, 4.69) is 9.88 Å². The molecule has 138 valence electrons. The predicted octanol–water partition coefficient (Wildman–Crippen LogP) is 3.10. The molecule has 0 radical (unpaired) electrons. The number of aromatic nitrogens is 1. The van der Waals surface area contributed by atoms with Gasteiger partial charge in [-0.25, -0.2) is 4.98 Å². The lowest BCUT2D eigenvalue weighted by Crippen LogP contribution is -2.41. The van der Waals surface area contributed by atoms with Crippen LogP contribution in [0.2, 0.25) is 5.02 Å². The van der Waals surface area contributed by atoms with Crippen LogP contribution in [0.3, 0.4) is 0 Å². The smallest absolute Gasteiger partial charge is 0.209 e. The van der Waals surface area contributed by atoms with E-state index >= 15 is 0 Å². The number of aliphatic hydroxyl groups is 1. The Morgan fingerprint density at radius 2 is 2.12 bits per heavy atom. The highest BCUT2D eigenvalue weighted by molar-refractivity contribution is 6.32. The van der Waals surface area contributed by atoms with E-state index in [9.17, 15) is 9.90 Å². The minimum absolute atomic E-state index is 0.181. The molecule has 0 bridgehead atoms. The van der Waals surface area contributed by atoms with Crippen LogP contribution in [0.1, 0.15) is 44.9 Å². The van der Waals surface area contributed by atoms with Gasteiger partial charge in [0.05, 0.1) is 11.1 Å². The summed E-state index contributed by atoms with van der Waals surface area (Å²) < 4.78 is 0. The highest BCUT2D eigenvalue weighted by Gasteiger charge is 2.26. The van der Waals surface area contributed by atoms with Crippen LogP contribution >= 0.6 is 11.6 Å². The van der Waals surface area contributed by atoms with Crippen molar-refractivity contribution < 1.29 is 9.90 Å². The molecule has 1 atom stereocenters. The third-order valence-electron chi connectivity index (χ3n) is 5.62. The quantitative estimate of drug-likeness (QED) is 0.787. The number of pyridine rings is 1. The molecular formula is C19H28ClN3O2. The molecule has 0 spiro atoms. The van der Waals surface area contributed by atoms with Gasteiger partial charge in [0, 0.05) is 31.9 Å². The lowest BCUT2D eigenvalue weighted by atomic mass is 9.91. The number of aliphatic hydroxyl groups excluding tert-OH is 1. The summed E-state index contributed by atoms with van der Waals surface area (Å²) in [5.74, 6) is 1.44. The van der Waals surface area contributed by atoms with Crippen LogP contribution < -0.4 is 4.90 Å². The maximum Gasteiger partial charge on any atom is 0.209 e. The first-order valence-electron chi connectivity index (χ1n) is 9.42. The van der Waals surface area contributed by atoms with Crippen LogP contribution in [0.5, 0.6) is 0 Å². The van der Waals surface area contributed by atoms with E-state index in [0.29, 0.717) is 17.0 Å². The molecule has 1 aliphatic heterocycles. The minimum Gasteiger partial charge on any atom is -0.393 e. The molecule has 3 rings (SSSR count). The predicted molar refractivity (Wildman–Crippen MR) is 99.8 cm³/mol. The Balaban J connectivity index is 1.52. The van der Waals surface area contributed by atoms with Crippen LogP contribution in [0.25, 0.3) is 0 Å². The fourth-order valence-electron chi connectivity index (χ4n) is 4.15. The van der Waals surface area contributed by atoms with Crippen molar-refractivity contribution >= 4 is 23.8 Å². The second-order valence-electron chi connectivity index (χ2n) is 7.36. The van der Waals surface area contributed by atoms with E-state index in [1.165, 1.54) is 6.42 Å². The van der Waals surface area contributed by atoms with Crippen molar-refractivity contribution in [2.45, 2.75) is 57.1 Å². The second kappa shape index (κ2) is 8.86. The van der Waals surface area contributed by atoms with Crippen molar-refractivity contribution in [3.63, 3.8) is 0 Å². The van der Waals surface area contributed by atoms with Crippen LogP contribution in [0.4, 0.5) is 5.82 Å². The number of rotatable bonds is 6. The first-order valence-corrected chi connectivity index (χ1v) is 9.79. The lowest BCUT2D eigenvalue weighted by Gasteiger charge is -2.37. The number of anilines is 1. The maximum absolute atomic E-state index is 11.5. The van der Waals surface area contributed by atoms with Gasteiger partial charge in [-0.15, -0.1) is 0 Å². The van der Waals surface area contributed by atoms with Crippen LogP contribution in [-0.4, -0.2) is 53.2 Å². The van der Waals surface area contributed by atoms with E-state index in [1.54, 1.807) is 6.20 Å². The Labute approximate surface area is 155 Å². The van der Waals surface area contributed by atoms with E-state index in [1.807, 2.05) is 17.0 Å². The van der Waals surface area contributed by atoms with E-state index < -0.39 is 0 Å². The lowest BCUT2D eigenvalue weighted by molar-refractivity contribution is -0.121. The van der Waals surface area contributed by atoms with Gasteiger partial charge in [-0.05, 0) is 63.0 Å². The van der Waals surface area contributed by atoms with Gasteiger partial charge in [-0.1, -0.05) is 11.6 Å². The Hall–Kier alpha value is -1.33. The van der Waals surface area contributed by atoms with Gasteiger partial charge in [0.15, 0.2) is 0 Å². The van der Waals surface area contributed by atoms with Crippen molar-refractivity contribution in [2.75, 3.05) is 24.5 Å². The van der Waals surface area contributed by atoms with Gasteiger partial charge in [0.2, 0.25) is 6.41 Å². The Kier molecular flexibility index (Phi) is 6.54. The number of piperidine rings is 1. The zero-order valence-electron chi connectivity index (χ0n) is 14.7. The number of nitrogens with zero attached hydrogens (tertiary/aromatic N) is 3. The number of hydrogen-bond acceptors (Lipinski definition) is 4. The van der Waals surface area contributed by atoms with Crippen molar-refractivity contribution in [3.8, 4) is 0 Å². The molecule has 1 aromatic rings. The number of amides is 1. The van der Waals surface area contributed by atoms with Crippen LogP contribution in [-0.2, 0) is 4.79 Å². The zero-order valence-corrected chi connectivity index (χ0v) is 15.4. The Bertz CT molecular complexity index is 563. The van der Waals surface area contributed by atoms with E-state index in [4.69, 9.17) is 11.6 Å². The summed E-state index contributed by atoms with van der Waals surface area (Å²) in [6, 6.07) is 4.04. The summed E-state index contributed by atoms with van der Waals surface area (Å²) in [5, 5.41) is 10.4. The van der Waals surface area contributed by atoms with E-state index in [0.717, 1.165) is 70.4 Å². The molecule has 0 aromatic carbocycles. The highest BCUT2D eigenvalue weighted by Crippen LogP contribution is 2.29. The summed E-state index contributed by atoms with van der Waals surface area (Å²) in [6.45, 7) is 2.75. The minimum atomic E-state index is -0.181.